The third-order valence-electron chi connectivity index (χ3n) is 3.83. The van der Waals surface area contributed by atoms with Crippen LogP contribution in [0.15, 0.2) is 29.3 Å². The molecule has 23 heavy (non-hydrogen) atoms. The molecule has 128 valence electrons. The van der Waals surface area contributed by atoms with E-state index in [9.17, 15) is 8.42 Å². The Morgan fingerprint density at radius 3 is 2.87 bits per heavy atom. The summed E-state index contributed by atoms with van der Waals surface area (Å²) in [5.74, 6) is 1.47. The molecule has 0 aromatic heterocycles. The highest BCUT2D eigenvalue weighted by Crippen LogP contribution is 2.18. The molecule has 1 atom stereocenters. The zero-order chi connectivity index (χ0) is 16.9. The highest BCUT2D eigenvalue weighted by Gasteiger charge is 2.27. The van der Waals surface area contributed by atoms with Crippen molar-refractivity contribution < 1.29 is 8.42 Å². The number of rotatable bonds is 5. The average Bonchev–Trinajstić information content (AvgIpc) is 2.82. The van der Waals surface area contributed by atoms with E-state index < -0.39 is 9.84 Å². The lowest BCUT2D eigenvalue weighted by atomic mass is 10.1. The molecule has 0 spiro atoms. The summed E-state index contributed by atoms with van der Waals surface area (Å²) in [6.45, 7) is 4.02. The fraction of sp³-hybridized carbons (Fsp3) is 0.562. The van der Waals surface area contributed by atoms with Crippen LogP contribution >= 0.6 is 11.6 Å². The first-order chi connectivity index (χ1) is 10.9. The molecule has 1 heterocycles. The Morgan fingerprint density at radius 1 is 1.48 bits per heavy atom. The smallest absolute Gasteiger partial charge is 0.193 e. The second-order valence-corrected chi connectivity index (χ2v) is 8.61. The van der Waals surface area contributed by atoms with Gasteiger partial charge in [-0.2, -0.15) is 0 Å². The Balaban J connectivity index is 2.00. The maximum atomic E-state index is 11.5. The molecule has 2 rings (SSSR count). The molecule has 0 radical (unpaired) electrons. The molecule has 1 saturated heterocycles. The van der Waals surface area contributed by atoms with Crippen molar-refractivity contribution in [2.24, 2.45) is 10.9 Å². The lowest BCUT2D eigenvalue weighted by Gasteiger charge is -2.22. The predicted molar refractivity (Wildman–Crippen MR) is 95.7 cm³/mol. The Labute approximate surface area is 143 Å². The Hall–Kier alpha value is -1.27. The van der Waals surface area contributed by atoms with E-state index in [4.69, 9.17) is 11.6 Å². The number of guanidine groups is 1. The summed E-state index contributed by atoms with van der Waals surface area (Å²) < 4.78 is 23.1. The first kappa shape index (κ1) is 18.1. The molecule has 1 aliphatic rings. The van der Waals surface area contributed by atoms with Crippen LogP contribution in [0.1, 0.15) is 18.9 Å². The molecule has 0 aliphatic carbocycles. The maximum Gasteiger partial charge on any atom is 0.193 e. The van der Waals surface area contributed by atoms with E-state index in [0.29, 0.717) is 30.3 Å². The number of sulfone groups is 1. The van der Waals surface area contributed by atoms with Gasteiger partial charge in [-0.05, 0) is 37.0 Å². The fourth-order valence-electron chi connectivity index (χ4n) is 2.69. The van der Waals surface area contributed by atoms with Crippen molar-refractivity contribution in [1.82, 2.24) is 10.2 Å². The molecule has 1 aromatic rings. The fourth-order valence-corrected chi connectivity index (χ4v) is 4.75. The van der Waals surface area contributed by atoms with Crippen molar-refractivity contribution in [3.8, 4) is 0 Å². The van der Waals surface area contributed by atoms with Gasteiger partial charge in [-0.15, -0.1) is 0 Å². The number of nitrogens with one attached hydrogen (secondary N) is 1. The second kappa shape index (κ2) is 8.02. The first-order valence-corrected chi connectivity index (χ1v) is 10.0. The molecule has 0 amide bonds. The van der Waals surface area contributed by atoms with Crippen LogP contribution in [0.5, 0.6) is 0 Å². The molecule has 1 aromatic carbocycles. The Bertz CT molecular complexity index is 661. The molecular formula is C16H24ClN3O2S. The normalized spacial score (nSPS) is 20.5. The van der Waals surface area contributed by atoms with Crippen LogP contribution in [0, 0.1) is 5.92 Å². The molecule has 1 unspecified atom stereocenters. The minimum absolute atomic E-state index is 0.133. The van der Waals surface area contributed by atoms with Gasteiger partial charge >= 0.3 is 0 Å². The minimum atomic E-state index is -2.85. The predicted octanol–water partition coefficient (Wildman–Crippen LogP) is 2.17. The average molecular weight is 358 g/mol. The number of hydrogen-bond donors (Lipinski definition) is 1. The quantitative estimate of drug-likeness (QED) is 0.648. The van der Waals surface area contributed by atoms with E-state index in [-0.39, 0.29) is 11.7 Å². The third-order valence-corrected chi connectivity index (χ3v) is 5.90. The van der Waals surface area contributed by atoms with Gasteiger partial charge in [-0.1, -0.05) is 23.7 Å². The summed E-state index contributed by atoms with van der Waals surface area (Å²) in [5, 5.41) is 3.97. The maximum absolute atomic E-state index is 11.5. The van der Waals surface area contributed by atoms with Gasteiger partial charge in [0.05, 0.1) is 11.5 Å². The summed E-state index contributed by atoms with van der Waals surface area (Å²) in [6, 6.07) is 7.74. The minimum Gasteiger partial charge on any atom is -0.357 e. The molecule has 7 heteroatoms. The van der Waals surface area contributed by atoms with Gasteiger partial charge in [-0.3, -0.25) is 4.99 Å². The van der Waals surface area contributed by atoms with Gasteiger partial charge in [0.1, 0.15) is 0 Å². The molecule has 0 saturated carbocycles. The van der Waals surface area contributed by atoms with Crippen LogP contribution in [0.3, 0.4) is 0 Å². The van der Waals surface area contributed by atoms with E-state index in [2.05, 4.69) is 10.3 Å². The SMILES string of the molecule is CCNC(=NCC1CCS(=O)(=O)C1)N(C)Cc1cccc(Cl)c1. The van der Waals surface area contributed by atoms with Crippen molar-refractivity contribution in [3.63, 3.8) is 0 Å². The second-order valence-electron chi connectivity index (χ2n) is 5.95. The van der Waals surface area contributed by atoms with Crippen LogP contribution in [0.4, 0.5) is 0 Å². The van der Waals surface area contributed by atoms with Crippen molar-refractivity contribution in [2.75, 3.05) is 31.6 Å². The van der Waals surface area contributed by atoms with Crippen molar-refractivity contribution in [1.29, 1.82) is 0 Å². The van der Waals surface area contributed by atoms with Gasteiger partial charge in [0.25, 0.3) is 0 Å². The van der Waals surface area contributed by atoms with E-state index in [1.54, 1.807) is 0 Å². The Morgan fingerprint density at radius 2 is 2.26 bits per heavy atom. The van der Waals surface area contributed by atoms with Gasteiger partial charge in [-0.25, -0.2) is 8.42 Å². The largest absolute Gasteiger partial charge is 0.357 e. The standard InChI is InChI=1S/C16H24ClN3O2S/c1-3-18-16(19-10-14-7-8-23(21,22)12-14)20(2)11-13-5-4-6-15(17)9-13/h4-6,9,14H,3,7-8,10-12H2,1-2H3,(H,18,19). The summed E-state index contributed by atoms with van der Waals surface area (Å²) in [7, 11) is -0.881. The number of aliphatic imine (C=N–C) groups is 1. The number of hydrogen-bond acceptors (Lipinski definition) is 3. The molecule has 5 nitrogen and oxygen atoms in total. The van der Waals surface area contributed by atoms with Gasteiger partial charge < -0.3 is 10.2 Å². The van der Waals surface area contributed by atoms with Crippen molar-refractivity contribution >= 4 is 27.4 Å². The number of benzene rings is 1. The van der Waals surface area contributed by atoms with Crippen LogP contribution in [0.25, 0.3) is 0 Å². The summed E-state index contributed by atoms with van der Waals surface area (Å²) in [6.07, 6.45) is 0.712. The molecule has 1 N–H and O–H groups in total. The zero-order valence-corrected chi connectivity index (χ0v) is 15.2. The van der Waals surface area contributed by atoms with Gasteiger partial charge in [0, 0.05) is 31.7 Å². The topological polar surface area (TPSA) is 61.8 Å². The van der Waals surface area contributed by atoms with Crippen molar-refractivity contribution in [3.05, 3.63) is 34.9 Å². The Kier molecular flexibility index (Phi) is 6.30. The van der Waals surface area contributed by atoms with E-state index in [1.807, 2.05) is 43.1 Å². The monoisotopic (exact) mass is 357 g/mol. The van der Waals surface area contributed by atoms with E-state index in [1.165, 1.54) is 0 Å². The van der Waals surface area contributed by atoms with Gasteiger partial charge in [0.15, 0.2) is 15.8 Å². The van der Waals surface area contributed by atoms with Crippen LogP contribution in [-0.2, 0) is 16.4 Å². The molecule has 0 bridgehead atoms. The third kappa shape index (κ3) is 5.70. The lowest BCUT2D eigenvalue weighted by Crippen LogP contribution is -2.38. The molecule has 1 aliphatic heterocycles. The zero-order valence-electron chi connectivity index (χ0n) is 13.6. The summed E-state index contributed by atoms with van der Waals surface area (Å²) in [5.41, 5.74) is 1.11. The van der Waals surface area contributed by atoms with E-state index in [0.717, 1.165) is 18.1 Å². The highest BCUT2D eigenvalue weighted by atomic mass is 35.5. The van der Waals surface area contributed by atoms with Crippen LogP contribution in [-0.4, -0.2) is 50.9 Å². The van der Waals surface area contributed by atoms with Crippen LogP contribution in [0.2, 0.25) is 5.02 Å². The molecule has 1 fully saturated rings. The highest BCUT2D eigenvalue weighted by molar-refractivity contribution is 7.91. The lowest BCUT2D eigenvalue weighted by molar-refractivity contribution is 0.472. The molecular weight excluding hydrogens is 334 g/mol. The summed E-state index contributed by atoms with van der Waals surface area (Å²) in [4.78, 5) is 6.64. The van der Waals surface area contributed by atoms with Crippen LogP contribution < -0.4 is 5.32 Å². The van der Waals surface area contributed by atoms with Gasteiger partial charge in [0.2, 0.25) is 0 Å². The summed E-state index contributed by atoms with van der Waals surface area (Å²) >= 11 is 6.02. The van der Waals surface area contributed by atoms with E-state index >= 15 is 0 Å². The van der Waals surface area contributed by atoms with Crippen molar-refractivity contribution in [2.45, 2.75) is 19.9 Å². The number of halogens is 1. The first-order valence-electron chi connectivity index (χ1n) is 7.84. The number of nitrogens with zero attached hydrogens (tertiary/aromatic N) is 2.